The topological polar surface area (TPSA) is 17.1 Å². The highest BCUT2D eigenvalue weighted by atomic mass is 35.5. The highest BCUT2D eigenvalue weighted by Gasteiger charge is 2.01. The molecule has 0 unspecified atom stereocenters. The Labute approximate surface area is 77.4 Å². The molecule has 12 heavy (non-hydrogen) atoms. The van der Waals surface area contributed by atoms with Gasteiger partial charge in [-0.15, -0.1) is 11.6 Å². The lowest BCUT2D eigenvalue weighted by Crippen LogP contribution is -1.94. The summed E-state index contributed by atoms with van der Waals surface area (Å²) in [5, 5.41) is 0. The predicted octanol–water partition coefficient (Wildman–Crippen LogP) is 2.94. The van der Waals surface area contributed by atoms with Crippen LogP contribution >= 0.6 is 11.6 Å². The minimum absolute atomic E-state index is 0.0880. The third-order valence-corrected chi connectivity index (χ3v) is 2.01. The van der Waals surface area contributed by atoms with Crippen LogP contribution in [0.5, 0.6) is 0 Å². The number of hydrogen-bond acceptors (Lipinski definition) is 1. The van der Waals surface area contributed by atoms with Gasteiger partial charge in [0, 0.05) is 11.4 Å². The first-order valence-corrected chi connectivity index (χ1v) is 4.34. The normalized spacial score (nSPS) is 9.92. The number of aryl methyl sites for hydroxylation is 1. The first kappa shape index (κ1) is 9.27. The lowest BCUT2D eigenvalue weighted by Gasteiger charge is -2.01. The number of alkyl halides is 1. The van der Waals surface area contributed by atoms with Gasteiger partial charge in [0.2, 0.25) is 0 Å². The van der Waals surface area contributed by atoms with E-state index in [0.29, 0.717) is 5.88 Å². The van der Waals surface area contributed by atoms with Crippen LogP contribution in [0.1, 0.15) is 28.4 Å². The van der Waals surface area contributed by atoms with Crippen LogP contribution in [0.3, 0.4) is 0 Å². The summed E-state index contributed by atoms with van der Waals surface area (Å²) in [7, 11) is 0. The second-order valence-corrected chi connectivity index (χ2v) is 3.16. The van der Waals surface area contributed by atoms with Gasteiger partial charge in [0.15, 0.2) is 5.78 Å². The predicted molar refractivity (Wildman–Crippen MR) is 50.7 cm³/mol. The number of ketones is 1. The fraction of sp³-hybridized carbons (Fsp3) is 0.300. The molecule has 0 N–H and O–H groups in total. The molecule has 1 nitrogen and oxygen atoms in total. The molecule has 0 aromatic heterocycles. The molecule has 0 aliphatic heterocycles. The van der Waals surface area contributed by atoms with Crippen molar-refractivity contribution in [2.75, 3.05) is 0 Å². The molecule has 0 amide bonds. The van der Waals surface area contributed by atoms with E-state index in [2.05, 4.69) is 0 Å². The molecule has 2 heteroatoms. The molecule has 0 saturated carbocycles. The zero-order chi connectivity index (χ0) is 9.14. The van der Waals surface area contributed by atoms with Gasteiger partial charge in [0.1, 0.15) is 0 Å². The SMILES string of the molecule is CC(=O)c1cc(C)cc(CCl)c1. The number of rotatable bonds is 2. The zero-order valence-corrected chi connectivity index (χ0v) is 7.98. The second kappa shape index (κ2) is 3.72. The van der Waals surface area contributed by atoms with Crippen molar-refractivity contribution in [3.05, 3.63) is 34.9 Å². The number of halogens is 1. The zero-order valence-electron chi connectivity index (χ0n) is 7.23. The van der Waals surface area contributed by atoms with E-state index in [1.54, 1.807) is 6.92 Å². The molecule has 0 aliphatic carbocycles. The van der Waals surface area contributed by atoms with E-state index in [1.807, 2.05) is 25.1 Å². The summed E-state index contributed by atoms with van der Waals surface area (Å²) in [6.07, 6.45) is 0. The van der Waals surface area contributed by atoms with Crippen LogP contribution < -0.4 is 0 Å². The summed E-state index contributed by atoms with van der Waals surface area (Å²) in [4.78, 5) is 11.0. The Kier molecular flexibility index (Phi) is 2.88. The molecule has 1 aromatic carbocycles. The molecular formula is C10H11ClO. The quantitative estimate of drug-likeness (QED) is 0.508. The van der Waals surface area contributed by atoms with Gasteiger partial charge < -0.3 is 0 Å². The third-order valence-electron chi connectivity index (χ3n) is 1.70. The standard InChI is InChI=1S/C10H11ClO/c1-7-3-9(6-11)5-10(4-7)8(2)12/h3-5H,6H2,1-2H3. The lowest BCUT2D eigenvalue weighted by atomic mass is 10.1. The van der Waals surface area contributed by atoms with E-state index in [-0.39, 0.29) is 5.78 Å². The highest BCUT2D eigenvalue weighted by Crippen LogP contribution is 2.12. The van der Waals surface area contributed by atoms with Crippen molar-refractivity contribution in [3.63, 3.8) is 0 Å². The Morgan fingerprint density at radius 2 is 2.08 bits per heavy atom. The monoisotopic (exact) mass is 182 g/mol. The minimum atomic E-state index is 0.0880. The van der Waals surface area contributed by atoms with Crippen LogP contribution in [0, 0.1) is 6.92 Å². The van der Waals surface area contributed by atoms with Crippen molar-refractivity contribution in [3.8, 4) is 0 Å². The van der Waals surface area contributed by atoms with E-state index in [1.165, 1.54) is 0 Å². The Hall–Kier alpha value is -0.820. The van der Waals surface area contributed by atoms with Gasteiger partial charge in [0.25, 0.3) is 0 Å². The molecule has 0 radical (unpaired) electrons. The Morgan fingerprint density at radius 1 is 1.42 bits per heavy atom. The molecule has 0 aliphatic rings. The molecule has 0 atom stereocenters. The average Bonchev–Trinajstić information content (AvgIpc) is 2.03. The van der Waals surface area contributed by atoms with E-state index in [9.17, 15) is 4.79 Å². The van der Waals surface area contributed by atoms with Gasteiger partial charge in [-0.3, -0.25) is 4.79 Å². The molecule has 1 rings (SSSR count). The van der Waals surface area contributed by atoms with Crippen molar-refractivity contribution < 1.29 is 4.79 Å². The van der Waals surface area contributed by atoms with E-state index in [4.69, 9.17) is 11.6 Å². The van der Waals surface area contributed by atoms with Gasteiger partial charge >= 0.3 is 0 Å². The number of hydrogen-bond donors (Lipinski definition) is 0. The van der Waals surface area contributed by atoms with Gasteiger partial charge in [-0.05, 0) is 31.5 Å². The number of carbonyl (C=O) groups excluding carboxylic acids is 1. The Morgan fingerprint density at radius 3 is 2.58 bits per heavy atom. The first-order valence-electron chi connectivity index (χ1n) is 3.81. The second-order valence-electron chi connectivity index (χ2n) is 2.90. The number of benzene rings is 1. The van der Waals surface area contributed by atoms with Crippen molar-refractivity contribution in [1.82, 2.24) is 0 Å². The van der Waals surface area contributed by atoms with Gasteiger partial charge in [-0.1, -0.05) is 11.6 Å². The van der Waals surface area contributed by atoms with E-state index < -0.39 is 0 Å². The van der Waals surface area contributed by atoms with Crippen LogP contribution in [0.15, 0.2) is 18.2 Å². The van der Waals surface area contributed by atoms with Crippen LogP contribution in [-0.2, 0) is 5.88 Å². The fourth-order valence-electron chi connectivity index (χ4n) is 1.14. The highest BCUT2D eigenvalue weighted by molar-refractivity contribution is 6.17. The molecule has 0 fully saturated rings. The molecule has 64 valence electrons. The molecule has 0 heterocycles. The fourth-order valence-corrected chi connectivity index (χ4v) is 1.30. The molecule has 1 aromatic rings. The molecular weight excluding hydrogens is 172 g/mol. The van der Waals surface area contributed by atoms with Gasteiger partial charge in [-0.25, -0.2) is 0 Å². The van der Waals surface area contributed by atoms with E-state index in [0.717, 1.165) is 16.7 Å². The maximum Gasteiger partial charge on any atom is 0.159 e. The first-order chi connectivity index (χ1) is 5.63. The van der Waals surface area contributed by atoms with Crippen LogP contribution in [0.2, 0.25) is 0 Å². The van der Waals surface area contributed by atoms with E-state index >= 15 is 0 Å². The number of carbonyl (C=O) groups is 1. The summed E-state index contributed by atoms with van der Waals surface area (Å²) in [5.74, 6) is 0.548. The van der Waals surface area contributed by atoms with Crippen molar-refractivity contribution in [2.45, 2.75) is 19.7 Å². The lowest BCUT2D eigenvalue weighted by molar-refractivity contribution is 0.101. The summed E-state index contributed by atoms with van der Waals surface area (Å²) >= 11 is 5.66. The average molecular weight is 183 g/mol. The smallest absolute Gasteiger partial charge is 0.159 e. The third kappa shape index (κ3) is 2.08. The van der Waals surface area contributed by atoms with Gasteiger partial charge in [-0.2, -0.15) is 0 Å². The maximum atomic E-state index is 11.0. The molecule has 0 saturated heterocycles. The largest absolute Gasteiger partial charge is 0.295 e. The van der Waals surface area contributed by atoms with Crippen molar-refractivity contribution in [1.29, 1.82) is 0 Å². The molecule has 0 spiro atoms. The minimum Gasteiger partial charge on any atom is -0.295 e. The van der Waals surface area contributed by atoms with Crippen molar-refractivity contribution >= 4 is 17.4 Å². The summed E-state index contributed by atoms with van der Waals surface area (Å²) in [5.41, 5.74) is 2.82. The van der Waals surface area contributed by atoms with Crippen LogP contribution in [-0.4, -0.2) is 5.78 Å². The van der Waals surface area contributed by atoms with Crippen LogP contribution in [0.25, 0.3) is 0 Å². The van der Waals surface area contributed by atoms with Crippen LogP contribution in [0.4, 0.5) is 0 Å². The Bertz CT molecular complexity index is 305. The summed E-state index contributed by atoms with van der Waals surface area (Å²) in [6, 6.07) is 5.69. The summed E-state index contributed by atoms with van der Waals surface area (Å²) < 4.78 is 0. The Balaban J connectivity index is 3.15. The maximum absolute atomic E-state index is 11.0. The van der Waals surface area contributed by atoms with Crippen molar-refractivity contribution in [2.24, 2.45) is 0 Å². The molecule has 0 bridgehead atoms. The van der Waals surface area contributed by atoms with Gasteiger partial charge in [0.05, 0.1) is 0 Å². The summed E-state index contributed by atoms with van der Waals surface area (Å²) in [6.45, 7) is 3.52. The number of Topliss-reactive ketones (excluding diaryl/α,β-unsaturated/α-hetero) is 1.